The number of carbonyl (C=O) groups is 1. The first-order chi connectivity index (χ1) is 8.65. The number of hydrogen-bond acceptors (Lipinski definition) is 3. The van der Waals surface area contributed by atoms with Crippen molar-refractivity contribution in [1.29, 1.82) is 0 Å². The summed E-state index contributed by atoms with van der Waals surface area (Å²) in [5.74, 6) is 0.435. The predicted octanol–water partition coefficient (Wildman–Crippen LogP) is 0.691. The van der Waals surface area contributed by atoms with E-state index >= 15 is 0 Å². The molecule has 94 valence electrons. The zero-order valence-corrected chi connectivity index (χ0v) is 10.4. The highest BCUT2D eigenvalue weighted by Crippen LogP contribution is 2.28. The van der Waals surface area contributed by atoms with Crippen LogP contribution in [0.4, 0.5) is 0 Å². The smallest absolute Gasteiger partial charge is 0.257 e. The molecule has 0 atom stereocenters. The van der Waals surface area contributed by atoms with Crippen LogP contribution in [-0.4, -0.2) is 43.9 Å². The van der Waals surface area contributed by atoms with E-state index in [0.717, 1.165) is 24.3 Å². The van der Waals surface area contributed by atoms with Gasteiger partial charge in [-0.25, -0.2) is 0 Å². The largest absolute Gasteiger partial charge is 0.337 e. The molecule has 3 rings (SSSR count). The van der Waals surface area contributed by atoms with Gasteiger partial charge in [-0.3, -0.25) is 14.6 Å². The standard InChI is InChI=1S/C12H15N5O/c1-8-3-13-15-11(8)10-6-17(7-10)12(18)9-4-14-16(2)5-9/h3-5,10H,6-7H2,1-2H3,(H,13,15). The van der Waals surface area contributed by atoms with Crippen LogP contribution in [0.2, 0.25) is 0 Å². The van der Waals surface area contributed by atoms with E-state index in [0.29, 0.717) is 11.5 Å². The third-order valence-corrected chi connectivity index (χ3v) is 3.40. The number of aromatic nitrogens is 4. The molecule has 2 aromatic heterocycles. The Morgan fingerprint density at radius 2 is 2.22 bits per heavy atom. The summed E-state index contributed by atoms with van der Waals surface area (Å²) in [4.78, 5) is 13.9. The Bertz CT molecular complexity index is 579. The Labute approximate surface area is 105 Å². The Morgan fingerprint density at radius 1 is 1.44 bits per heavy atom. The molecule has 1 amide bonds. The molecule has 1 saturated heterocycles. The second-order valence-corrected chi connectivity index (χ2v) is 4.78. The highest BCUT2D eigenvalue weighted by molar-refractivity contribution is 5.94. The van der Waals surface area contributed by atoms with Crippen LogP contribution in [0.15, 0.2) is 18.6 Å². The molecule has 1 fully saturated rings. The van der Waals surface area contributed by atoms with Crippen LogP contribution in [0, 0.1) is 6.92 Å². The first-order valence-electron chi connectivity index (χ1n) is 5.93. The van der Waals surface area contributed by atoms with Crippen LogP contribution in [0.5, 0.6) is 0 Å². The Morgan fingerprint density at radius 3 is 2.78 bits per heavy atom. The first-order valence-corrected chi connectivity index (χ1v) is 5.93. The molecule has 0 bridgehead atoms. The summed E-state index contributed by atoms with van der Waals surface area (Å²) in [6.07, 6.45) is 5.18. The molecule has 1 aliphatic heterocycles. The number of H-pyrrole nitrogens is 1. The van der Waals surface area contributed by atoms with Crippen molar-refractivity contribution in [3.05, 3.63) is 35.4 Å². The van der Waals surface area contributed by atoms with Gasteiger partial charge in [0.15, 0.2) is 0 Å². The van der Waals surface area contributed by atoms with Crippen LogP contribution < -0.4 is 0 Å². The van der Waals surface area contributed by atoms with Gasteiger partial charge in [0, 0.05) is 37.9 Å². The molecule has 6 nitrogen and oxygen atoms in total. The molecule has 0 aliphatic carbocycles. The SMILES string of the molecule is Cc1cn[nH]c1C1CN(C(=O)c2cnn(C)c2)C1. The van der Waals surface area contributed by atoms with E-state index in [9.17, 15) is 4.79 Å². The van der Waals surface area contributed by atoms with Gasteiger partial charge in [-0.1, -0.05) is 0 Å². The minimum absolute atomic E-state index is 0.0523. The van der Waals surface area contributed by atoms with Crippen LogP contribution in [0.25, 0.3) is 0 Å². The Kier molecular flexibility index (Phi) is 2.43. The number of nitrogens with one attached hydrogen (secondary N) is 1. The lowest BCUT2D eigenvalue weighted by molar-refractivity contribution is 0.0598. The summed E-state index contributed by atoms with van der Waals surface area (Å²) in [5.41, 5.74) is 2.95. The molecule has 0 unspecified atom stereocenters. The summed E-state index contributed by atoms with van der Waals surface area (Å²) in [6, 6.07) is 0. The Hall–Kier alpha value is -2.11. The maximum Gasteiger partial charge on any atom is 0.257 e. The van der Waals surface area contributed by atoms with Crippen molar-refractivity contribution in [3.63, 3.8) is 0 Å². The van der Waals surface area contributed by atoms with E-state index in [1.807, 2.05) is 25.1 Å². The molecular formula is C12H15N5O. The molecule has 1 N–H and O–H groups in total. The molecule has 3 heterocycles. The van der Waals surface area contributed by atoms with Crippen LogP contribution in [-0.2, 0) is 7.05 Å². The molecule has 18 heavy (non-hydrogen) atoms. The lowest BCUT2D eigenvalue weighted by Gasteiger charge is -2.38. The fourth-order valence-corrected chi connectivity index (χ4v) is 2.31. The van der Waals surface area contributed by atoms with Crippen molar-refractivity contribution >= 4 is 5.91 Å². The van der Waals surface area contributed by atoms with Crippen molar-refractivity contribution in [2.45, 2.75) is 12.8 Å². The quantitative estimate of drug-likeness (QED) is 0.846. The Balaban J connectivity index is 1.66. The number of aryl methyl sites for hydroxylation is 2. The zero-order valence-electron chi connectivity index (χ0n) is 10.4. The van der Waals surface area contributed by atoms with Crippen molar-refractivity contribution in [1.82, 2.24) is 24.9 Å². The van der Waals surface area contributed by atoms with E-state index in [4.69, 9.17) is 0 Å². The van der Waals surface area contributed by atoms with E-state index in [1.54, 1.807) is 17.1 Å². The highest BCUT2D eigenvalue weighted by Gasteiger charge is 2.34. The first kappa shape index (κ1) is 11.0. The van der Waals surface area contributed by atoms with Gasteiger partial charge in [-0.05, 0) is 12.5 Å². The summed E-state index contributed by atoms with van der Waals surface area (Å²) in [6.45, 7) is 3.53. The van der Waals surface area contributed by atoms with Crippen LogP contribution in [0.3, 0.4) is 0 Å². The lowest BCUT2D eigenvalue weighted by atomic mass is 9.93. The highest BCUT2D eigenvalue weighted by atomic mass is 16.2. The summed E-state index contributed by atoms with van der Waals surface area (Å²) < 4.78 is 1.64. The molecule has 0 aromatic carbocycles. The number of likely N-dealkylation sites (tertiary alicyclic amines) is 1. The van der Waals surface area contributed by atoms with Crippen molar-refractivity contribution in [2.75, 3.05) is 13.1 Å². The van der Waals surface area contributed by atoms with Crippen molar-refractivity contribution in [3.8, 4) is 0 Å². The van der Waals surface area contributed by atoms with E-state index in [1.165, 1.54) is 0 Å². The molecule has 0 saturated carbocycles. The molecule has 1 aliphatic rings. The number of amides is 1. The van der Waals surface area contributed by atoms with Gasteiger partial charge in [-0.2, -0.15) is 10.2 Å². The molecule has 0 spiro atoms. The van der Waals surface area contributed by atoms with Gasteiger partial charge >= 0.3 is 0 Å². The molecule has 6 heteroatoms. The summed E-state index contributed by atoms with van der Waals surface area (Å²) in [5, 5.41) is 11.0. The van der Waals surface area contributed by atoms with Gasteiger partial charge in [0.25, 0.3) is 5.91 Å². The van der Waals surface area contributed by atoms with Gasteiger partial charge in [-0.15, -0.1) is 0 Å². The summed E-state index contributed by atoms with van der Waals surface area (Å²) in [7, 11) is 1.81. The molecule has 2 aromatic rings. The van der Waals surface area contributed by atoms with Crippen LogP contribution in [0.1, 0.15) is 27.5 Å². The predicted molar refractivity (Wildman–Crippen MR) is 65.2 cm³/mol. The average molecular weight is 245 g/mol. The fraction of sp³-hybridized carbons (Fsp3) is 0.417. The number of hydrogen-bond donors (Lipinski definition) is 1. The fourth-order valence-electron chi connectivity index (χ4n) is 2.31. The average Bonchev–Trinajstić information content (AvgIpc) is 2.86. The van der Waals surface area contributed by atoms with Gasteiger partial charge in [0.2, 0.25) is 0 Å². The molecule has 0 radical (unpaired) electrons. The van der Waals surface area contributed by atoms with Crippen molar-refractivity contribution < 1.29 is 4.79 Å². The minimum Gasteiger partial charge on any atom is -0.337 e. The lowest BCUT2D eigenvalue weighted by Crippen LogP contribution is -2.48. The van der Waals surface area contributed by atoms with Crippen molar-refractivity contribution in [2.24, 2.45) is 7.05 Å². The van der Waals surface area contributed by atoms with Gasteiger partial charge < -0.3 is 4.90 Å². The number of aromatic amines is 1. The van der Waals surface area contributed by atoms with Gasteiger partial charge in [0.05, 0.1) is 18.0 Å². The topological polar surface area (TPSA) is 66.8 Å². The van der Waals surface area contributed by atoms with Gasteiger partial charge in [0.1, 0.15) is 0 Å². The normalized spacial score (nSPS) is 15.8. The third kappa shape index (κ3) is 1.70. The monoisotopic (exact) mass is 245 g/mol. The summed E-state index contributed by atoms with van der Waals surface area (Å²) >= 11 is 0. The second kappa shape index (κ2) is 3.97. The maximum absolute atomic E-state index is 12.1. The van der Waals surface area contributed by atoms with E-state index in [-0.39, 0.29) is 5.91 Å². The van der Waals surface area contributed by atoms with Crippen LogP contribution >= 0.6 is 0 Å². The number of rotatable bonds is 2. The minimum atomic E-state index is 0.0523. The number of carbonyl (C=O) groups excluding carboxylic acids is 1. The van der Waals surface area contributed by atoms with E-state index in [2.05, 4.69) is 15.3 Å². The maximum atomic E-state index is 12.1. The zero-order chi connectivity index (χ0) is 12.7. The third-order valence-electron chi connectivity index (χ3n) is 3.40. The van der Waals surface area contributed by atoms with E-state index < -0.39 is 0 Å². The molecular weight excluding hydrogens is 230 g/mol. The number of nitrogens with zero attached hydrogens (tertiary/aromatic N) is 4. The second-order valence-electron chi connectivity index (χ2n) is 4.78.